The van der Waals surface area contributed by atoms with E-state index in [-0.39, 0.29) is 0 Å². The number of rotatable bonds is 5. The number of fused-ring (bicyclic) bond motifs is 1. The minimum Gasteiger partial charge on any atom is -0.478 e. The molecule has 0 saturated heterocycles. The molecule has 0 saturated carbocycles. The van der Waals surface area contributed by atoms with Gasteiger partial charge in [-0.3, -0.25) is 0 Å². The van der Waals surface area contributed by atoms with Crippen molar-refractivity contribution in [3.8, 4) is 0 Å². The fourth-order valence-electron chi connectivity index (χ4n) is 2.61. The minimum absolute atomic E-state index is 0.375. The first-order valence-electron chi connectivity index (χ1n) is 7.02. The Bertz CT molecular complexity index is 641. The van der Waals surface area contributed by atoms with Crippen molar-refractivity contribution < 1.29 is 9.90 Å². The molecule has 0 atom stereocenters. The van der Waals surface area contributed by atoms with Gasteiger partial charge in [-0.1, -0.05) is 13.8 Å². The summed E-state index contributed by atoms with van der Waals surface area (Å²) in [5.41, 5.74) is 9.02. The predicted molar refractivity (Wildman–Crippen MR) is 81.4 cm³/mol. The van der Waals surface area contributed by atoms with Crippen LogP contribution in [0.5, 0.6) is 0 Å². The molecule has 0 unspecified atom stereocenters. The Morgan fingerprint density at radius 1 is 1.40 bits per heavy atom. The molecule has 3 N–H and O–H groups in total. The highest BCUT2D eigenvalue weighted by Crippen LogP contribution is 2.30. The molecule has 1 aromatic heterocycles. The highest BCUT2D eigenvalue weighted by Gasteiger charge is 2.15. The summed E-state index contributed by atoms with van der Waals surface area (Å²) in [5.74, 6) is -0.464. The van der Waals surface area contributed by atoms with E-state index in [1.807, 2.05) is 13.0 Å². The van der Waals surface area contributed by atoms with E-state index in [1.165, 1.54) is 5.56 Å². The van der Waals surface area contributed by atoms with Gasteiger partial charge in [-0.15, -0.1) is 0 Å². The van der Waals surface area contributed by atoms with Crippen LogP contribution in [0.25, 0.3) is 10.9 Å². The third kappa shape index (κ3) is 2.56. The maximum Gasteiger partial charge on any atom is 0.336 e. The fraction of sp³-hybridized carbons (Fsp3) is 0.438. The van der Waals surface area contributed by atoms with Crippen molar-refractivity contribution in [3.05, 3.63) is 35.0 Å². The highest BCUT2D eigenvalue weighted by atomic mass is 16.4. The van der Waals surface area contributed by atoms with Crippen molar-refractivity contribution in [2.45, 2.75) is 39.7 Å². The van der Waals surface area contributed by atoms with Crippen molar-refractivity contribution in [1.29, 1.82) is 0 Å². The van der Waals surface area contributed by atoms with Crippen LogP contribution in [0, 0.1) is 6.92 Å². The zero-order valence-electron chi connectivity index (χ0n) is 12.3. The zero-order chi connectivity index (χ0) is 14.9. The number of hydrogen-bond donors (Lipinski definition) is 2. The lowest BCUT2D eigenvalue weighted by Gasteiger charge is -2.07. The molecule has 0 aliphatic carbocycles. The van der Waals surface area contributed by atoms with Gasteiger partial charge in [0.2, 0.25) is 0 Å². The van der Waals surface area contributed by atoms with Crippen LogP contribution < -0.4 is 5.73 Å². The Hall–Kier alpha value is -1.81. The average molecular weight is 274 g/mol. The standard InChI is InChI=1S/C16H22N2O2/c1-10(2)14-9-18(6-4-5-17)15-8-12(16(19)20)11(3)7-13(14)15/h7-10H,4-6,17H2,1-3H3,(H,19,20). The van der Waals surface area contributed by atoms with Crippen LogP contribution >= 0.6 is 0 Å². The monoisotopic (exact) mass is 274 g/mol. The largest absolute Gasteiger partial charge is 0.478 e. The van der Waals surface area contributed by atoms with Crippen LogP contribution in [0.4, 0.5) is 0 Å². The van der Waals surface area contributed by atoms with Crippen molar-refractivity contribution in [2.24, 2.45) is 5.73 Å². The lowest BCUT2D eigenvalue weighted by atomic mass is 9.99. The molecule has 2 rings (SSSR count). The summed E-state index contributed by atoms with van der Waals surface area (Å²) in [6.07, 6.45) is 3.02. The van der Waals surface area contributed by atoms with Crippen molar-refractivity contribution in [3.63, 3.8) is 0 Å². The van der Waals surface area contributed by atoms with Crippen LogP contribution in [0.3, 0.4) is 0 Å². The van der Waals surface area contributed by atoms with Crippen LogP contribution in [-0.2, 0) is 6.54 Å². The summed E-state index contributed by atoms with van der Waals surface area (Å²) in [5, 5.41) is 10.4. The molecule has 4 nitrogen and oxygen atoms in total. The molecule has 0 amide bonds. The topological polar surface area (TPSA) is 68.2 Å². The molecule has 20 heavy (non-hydrogen) atoms. The van der Waals surface area contributed by atoms with Crippen molar-refractivity contribution >= 4 is 16.9 Å². The van der Waals surface area contributed by atoms with Gasteiger partial charge in [0.25, 0.3) is 0 Å². The van der Waals surface area contributed by atoms with Crippen LogP contribution in [0.1, 0.15) is 47.7 Å². The second-order valence-electron chi connectivity index (χ2n) is 5.56. The molecule has 0 aliphatic rings. The number of nitrogens with zero attached hydrogens (tertiary/aromatic N) is 1. The molecular weight excluding hydrogens is 252 g/mol. The quantitative estimate of drug-likeness (QED) is 0.880. The maximum absolute atomic E-state index is 11.3. The van der Waals surface area contributed by atoms with Gasteiger partial charge in [-0.2, -0.15) is 0 Å². The van der Waals surface area contributed by atoms with E-state index < -0.39 is 5.97 Å². The number of nitrogens with two attached hydrogens (primary N) is 1. The van der Waals surface area contributed by atoms with Gasteiger partial charge >= 0.3 is 5.97 Å². The molecule has 0 radical (unpaired) electrons. The first-order valence-corrected chi connectivity index (χ1v) is 7.02. The van der Waals surface area contributed by atoms with E-state index in [2.05, 4.69) is 24.6 Å². The second kappa shape index (κ2) is 5.67. The van der Waals surface area contributed by atoms with Crippen LogP contribution in [0.2, 0.25) is 0 Å². The molecule has 108 valence electrons. The molecule has 4 heteroatoms. The number of aryl methyl sites for hydroxylation is 2. The Morgan fingerprint density at radius 2 is 2.10 bits per heavy atom. The van der Waals surface area contributed by atoms with E-state index in [9.17, 15) is 9.90 Å². The summed E-state index contributed by atoms with van der Waals surface area (Å²) >= 11 is 0. The normalized spacial score (nSPS) is 11.4. The lowest BCUT2D eigenvalue weighted by molar-refractivity contribution is 0.0696. The molecule has 0 aliphatic heterocycles. The Balaban J connectivity index is 2.67. The second-order valence-corrected chi connectivity index (χ2v) is 5.56. The third-order valence-electron chi connectivity index (χ3n) is 3.71. The Kier molecular flexibility index (Phi) is 4.14. The van der Waals surface area contributed by atoms with Gasteiger partial charge in [-0.25, -0.2) is 4.79 Å². The number of aromatic nitrogens is 1. The SMILES string of the molecule is Cc1cc2c(C(C)C)cn(CCCN)c2cc1C(=O)O. The average Bonchev–Trinajstić information content (AvgIpc) is 2.73. The van der Waals surface area contributed by atoms with E-state index in [0.717, 1.165) is 29.4 Å². The molecule has 1 heterocycles. The molecule has 0 spiro atoms. The predicted octanol–water partition coefficient (Wildman–Crippen LogP) is 3.12. The number of aromatic carboxylic acids is 1. The van der Waals surface area contributed by atoms with Crippen molar-refractivity contribution in [1.82, 2.24) is 4.57 Å². The highest BCUT2D eigenvalue weighted by molar-refractivity contribution is 5.96. The summed E-state index contributed by atoms with van der Waals surface area (Å²) < 4.78 is 2.13. The van der Waals surface area contributed by atoms with Crippen LogP contribution in [-0.4, -0.2) is 22.2 Å². The third-order valence-corrected chi connectivity index (χ3v) is 3.71. The lowest BCUT2D eigenvalue weighted by Crippen LogP contribution is -2.05. The number of hydrogen-bond acceptors (Lipinski definition) is 2. The summed E-state index contributed by atoms with van der Waals surface area (Å²) in [6.45, 7) is 7.62. The molecule has 0 bridgehead atoms. The smallest absolute Gasteiger partial charge is 0.336 e. The van der Waals surface area contributed by atoms with Gasteiger partial charge in [0.15, 0.2) is 0 Å². The number of carboxylic acids is 1. The number of carbonyl (C=O) groups is 1. The van der Waals surface area contributed by atoms with Crippen LogP contribution in [0.15, 0.2) is 18.3 Å². The van der Waals surface area contributed by atoms with Gasteiger partial charge in [0.1, 0.15) is 0 Å². The first kappa shape index (κ1) is 14.6. The summed E-state index contributed by atoms with van der Waals surface area (Å²) in [4.78, 5) is 11.3. The number of benzene rings is 1. The summed E-state index contributed by atoms with van der Waals surface area (Å²) in [7, 11) is 0. The van der Waals surface area contributed by atoms with Gasteiger partial charge in [0, 0.05) is 23.6 Å². The fourth-order valence-corrected chi connectivity index (χ4v) is 2.61. The zero-order valence-corrected chi connectivity index (χ0v) is 12.3. The van der Waals surface area contributed by atoms with Gasteiger partial charge in [-0.05, 0) is 49.1 Å². The van der Waals surface area contributed by atoms with E-state index in [4.69, 9.17) is 5.73 Å². The first-order chi connectivity index (χ1) is 9.45. The molecular formula is C16H22N2O2. The van der Waals surface area contributed by atoms with Crippen molar-refractivity contribution in [2.75, 3.05) is 6.54 Å². The van der Waals surface area contributed by atoms with E-state index in [0.29, 0.717) is 18.0 Å². The molecule has 2 aromatic rings. The molecule has 0 fully saturated rings. The Morgan fingerprint density at radius 3 is 2.65 bits per heavy atom. The Labute approximate surface area is 119 Å². The minimum atomic E-state index is -0.873. The number of carboxylic acid groups (broad SMARTS) is 1. The summed E-state index contributed by atoms with van der Waals surface area (Å²) in [6, 6.07) is 3.78. The van der Waals surface area contributed by atoms with Gasteiger partial charge < -0.3 is 15.4 Å². The van der Waals surface area contributed by atoms with E-state index >= 15 is 0 Å². The van der Waals surface area contributed by atoms with Gasteiger partial charge in [0.05, 0.1) is 5.56 Å². The molecule has 1 aromatic carbocycles. The van der Waals surface area contributed by atoms with E-state index in [1.54, 1.807) is 6.07 Å². The maximum atomic E-state index is 11.3.